The lowest BCUT2D eigenvalue weighted by Gasteiger charge is -2.34. The number of nitrogens with zero attached hydrogens (tertiary/aromatic N) is 3. The van der Waals surface area contributed by atoms with E-state index in [4.69, 9.17) is 0 Å². The lowest BCUT2D eigenvalue weighted by molar-refractivity contribution is 0.416. The molecule has 21 heavy (non-hydrogen) atoms. The Morgan fingerprint density at radius 1 is 1.24 bits per heavy atom. The summed E-state index contributed by atoms with van der Waals surface area (Å²) >= 11 is 0. The summed E-state index contributed by atoms with van der Waals surface area (Å²) in [5, 5.41) is 0. The first-order valence-electron chi connectivity index (χ1n) is 7.83. The van der Waals surface area contributed by atoms with E-state index in [9.17, 15) is 4.79 Å². The zero-order valence-corrected chi connectivity index (χ0v) is 12.7. The lowest BCUT2D eigenvalue weighted by Crippen LogP contribution is -2.37. The molecule has 0 unspecified atom stereocenters. The standard InChI is InChI=1S/C16H22N4O/c1-3-20(12-7-5-4-6-8-12)14-10-9-13-15(19-14)17-11(2)16(21)18-13/h9-10,12H,3-8H2,1-2H3,(H,18,21). The van der Waals surface area contributed by atoms with Crippen LogP contribution in [-0.2, 0) is 0 Å². The van der Waals surface area contributed by atoms with Crippen LogP contribution < -0.4 is 10.5 Å². The smallest absolute Gasteiger partial charge is 0.269 e. The minimum Gasteiger partial charge on any atom is -0.354 e. The first kappa shape index (κ1) is 14.0. The van der Waals surface area contributed by atoms with Crippen molar-refractivity contribution in [3.8, 4) is 0 Å². The molecule has 112 valence electrons. The van der Waals surface area contributed by atoms with E-state index in [1.165, 1.54) is 32.1 Å². The second-order valence-corrected chi connectivity index (χ2v) is 5.77. The summed E-state index contributed by atoms with van der Waals surface area (Å²) in [7, 11) is 0. The first-order valence-corrected chi connectivity index (χ1v) is 7.83. The number of H-pyrrole nitrogens is 1. The van der Waals surface area contributed by atoms with Gasteiger partial charge in [-0.25, -0.2) is 9.97 Å². The van der Waals surface area contributed by atoms with Gasteiger partial charge in [-0.15, -0.1) is 0 Å². The van der Waals surface area contributed by atoms with Crippen molar-refractivity contribution < 1.29 is 0 Å². The van der Waals surface area contributed by atoms with Crippen LogP contribution in [0.4, 0.5) is 5.82 Å². The topological polar surface area (TPSA) is 61.9 Å². The molecule has 5 nitrogen and oxygen atoms in total. The Kier molecular flexibility index (Phi) is 3.90. The number of fused-ring (bicyclic) bond motifs is 1. The summed E-state index contributed by atoms with van der Waals surface area (Å²) in [6, 6.07) is 4.49. The van der Waals surface area contributed by atoms with Crippen molar-refractivity contribution in [1.82, 2.24) is 15.0 Å². The number of hydrogen-bond donors (Lipinski definition) is 1. The van der Waals surface area contributed by atoms with Gasteiger partial charge < -0.3 is 9.88 Å². The number of rotatable bonds is 3. The van der Waals surface area contributed by atoms with Crippen molar-refractivity contribution in [2.75, 3.05) is 11.4 Å². The van der Waals surface area contributed by atoms with E-state index in [1.54, 1.807) is 6.92 Å². The van der Waals surface area contributed by atoms with Gasteiger partial charge in [-0.2, -0.15) is 0 Å². The van der Waals surface area contributed by atoms with Gasteiger partial charge in [0.25, 0.3) is 5.56 Å². The molecule has 1 aliphatic carbocycles. The molecule has 0 spiro atoms. The summed E-state index contributed by atoms with van der Waals surface area (Å²) in [6.07, 6.45) is 6.44. The van der Waals surface area contributed by atoms with Crippen LogP contribution in [0.15, 0.2) is 16.9 Å². The van der Waals surface area contributed by atoms with Gasteiger partial charge in [-0.05, 0) is 38.8 Å². The Morgan fingerprint density at radius 3 is 2.71 bits per heavy atom. The van der Waals surface area contributed by atoms with E-state index in [2.05, 4.69) is 26.8 Å². The van der Waals surface area contributed by atoms with E-state index in [-0.39, 0.29) is 5.56 Å². The zero-order chi connectivity index (χ0) is 14.8. The minimum atomic E-state index is -0.142. The Morgan fingerprint density at radius 2 is 2.00 bits per heavy atom. The van der Waals surface area contributed by atoms with Gasteiger partial charge in [0, 0.05) is 12.6 Å². The highest BCUT2D eigenvalue weighted by Gasteiger charge is 2.21. The lowest BCUT2D eigenvalue weighted by atomic mass is 9.94. The molecule has 0 aliphatic heterocycles. The van der Waals surface area contributed by atoms with E-state index < -0.39 is 0 Å². The maximum Gasteiger partial charge on any atom is 0.269 e. The van der Waals surface area contributed by atoms with Crippen molar-refractivity contribution in [3.05, 3.63) is 28.2 Å². The predicted octanol–water partition coefficient (Wildman–Crippen LogP) is 2.79. The van der Waals surface area contributed by atoms with Crippen LogP contribution in [0.5, 0.6) is 0 Å². The largest absolute Gasteiger partial charge is 0.354 e. The highest BCUT2D eigenvalue weighted by atomic mass is 16.1. The third kappa shape index (κ3) is 2.77. The molecule has 1 aliphatic rings. The minimum absolute atomic E-state index is 0.142. The number of aryl methyl sites for hydroxylation is 1. The summed E-state index contributed by atoms with van der Waals surface area (Å²) in [5.41, 5.74) is 1.65. The normalized spacial score (nSPS) is 16.3. The summed E-state index contributed by atoms with van der Waals surface area (Å²) in [5.74, 6) is 0.968. The monoisotopic (exact) mass is 286 g/mol. The molecule has 0 atom stereocenters. The molecule has 1 N–H and O–H groups in total. The Bertz CT molecular complexity index is 688. The second kappa shape index (κ2) is 5.84. The van der Waals surface area contributed by atoms with Crippen molar-refractivity contribution in [3.63, 3.8) is 0 Å². The van der Waals surface area contributed by atoms with E-state index in [0.29, 0.717) is 22.9 Å². The molecule has 0 saturated heterocycles. The van der Waals surface area contributed by atoms with E-state index in [1.807, 2.05) is 12.1 Å². The Hall–Kier alpha value is -1.91. The fraction of sp³-hybridized carbons (Fsp3) is 0.562. The van der Waals surface area contributed by atoms with Crippen LogP contribution in [0.3, 0.4) is 0 Å². The van der Waals surface area contributed by atoms with Gasteiger partial charge >= 0.3 is 0 Å². The molecule has 0 bridgehead atoms. The summed E-state index contributed by atoms with van der Waals surface area (Å²) in [4.78, 5) is 25.8. The Balaban J connectivity index is 1.98. The van der Waals surface area contributed by atoms with Crippen molar-refractivity contribution >= 4 is 17.0 Å². The van der Waals surface area contributed by atoms with Gasteiger partial charge in [-0.3, -0.25) is 4.79 Å². The number of aromatic amines is 1. The molecular weight excluding hydrogens is 264 g/mol. The number of aromatic nitrogens is 3. The number of anilines is 1. The molecule has 2 heterocycles. The molecule has 2 aromatic heterocycles. The third-order valence-electron chi connectivity index (χ3n) is 4.36. The summed E-state index contributed by atoms with van der Waals surface area (Å²) < 4.78 is 0. The molecule has 0 amide bonds. The maximum atomic E-state index is 11.6. The molecule has 1 saturated carbocycles. The van der Waals surface area contributed by atoms with Crippen molar-refractivity contribution in [2.45, 2.75) is 52.0 Å². The van der Waals surface area contributed by atoms with Crippen LogP contribution in [0.25, 0.3) is 11.2 Å². The van der Waals surface area contributed by atoms with Crippen molar-refractivity contribution in [2.24, 2.45) is 0 Å². The zero-order valence-electron chi connectivity index (χ0n) is 12.7. The van der Waals surface area contributed by atoms with Gasteiger partial charge in [0.05, 0.1) is 5.52 Å². The van der Waals surface area contributed by atoms with Gasteiger partial charge in [-0.1, -0.05) is 19.3 Å². The van der Waals surface area contributed by atoms with Gasteiger partial charge in [0.15, 0.2) is 5.65 Å². The van der Waals surface area contributed by atoms with Crippen LogP contribution in [0.2, 0.25) is 0 Å². The fourth-order valence-corrected chi connectivity index (χ4v) is 3.20. The third-order valence-corrected chi connectivity index (χ3v) is 4.36. The first-order chi connectivity index (χ1) is 10.2. The fourth-order valence-electron chi connectivity index (χ4n) is 3.20. The molecule has 0 radical (unpaired) electrons. The van der Waals surface area contributed by atoms with Crippen LogP contribution in [-0.4, -0.2) is 27.5 Å². The molecule has 2 aromatic rings. The van der Waals surface area contributed by atoms with Crippen LogP contribution in [0.1, 0.15) is 44.7 Å². The Labute approximate surface area is 124 Å². The molecule has 5 heteroatoms. The van der Waals surface area contributed by atoms with Gasteiger partial charge in [0.2, 0.25) is 0 Å². The number of pyridine rings is 1. The van der Waals surface area contributed by atoms with Crippen molar-refractivity contribution in [1.29, 1.82) is 0 Å². The van der Waals surface area contributed by atoms with Gasteiger partial charge in [0.1, 0.15) is 11.5 Å². The average Bonchev–Trinajstić information content (AvgIpc) is 2.50. The highest BCUT2D eigenvalue weighted by molar-refractivity contribution is 5.72. The predicted molar refractivity (Wildman–Crippen MR) is 84.8 cm³/mol. The highest BCUT2D eigenvalue weighted by Crippen LogP contribution is 2.26. The van der Waals surface area contributed by atoms with Crippen LogP contribution in [0, 0.1) is 6.92 Å². The number of hydrogen-bond acceptors (Lipinski definition) is 4. The molecular formula is C16H22N4O. The van der Waals surface area contributed by atoms with E-state index in [0.717, 1.165) is 12.4 Å². The maximum absolute atomic E-state index is 11.6. The molecule has 0 aromatic carbocycles. The SMILES string of the molecule is CCN(c1ccc2[nH]c(=O)c(C)nc2n1)C1CCCCC1. The van der Waals surface area contributed by atoms with Crippen LogP contribution >= 0.6 is 0 Å². The summed E-state index contributed by atoms with van der Waals surface area (Å²) in [6.45, 7) is 4.84. The number of nitrogens with one attached hydrogen (secondary N) is 1. The quantitative estimate of drug-likeness (QED) is 0.942. The molecule has 1 fully saturated rings. The average molecular weight is 286 g/mol. The molecule has 3 rings (SSSR count). The second-order valence-electron chi connectivity index (χ2n) is 5.77. The van der Waals surface area contributed by atoms with E-state index >= 15 is 0 Å².